The molecule has 1 aromatic carbocycles. The Morgan fingerprint density at radius 3 is 2.50 bits per heavy atom. The summed E-state index contributed by atoms with van der Waals surface area (Å²) >= 11 is 0. The number of ether oxygens (including phenoxy) is 1. The van der Waals surface area contributed by atoms with E-state index in [0.29, 0.717) is 24.1 Å². The highest BCUT2D eigenvalue weighted by molar-refractivity contribution is 7.89. The van der Waals surface area contributed by atoms with Crippen LogP contribution in [0.2, 0.25) is 0 Å². The Kier molecular flexibility index (Phi) is 7.23. The summed E-state index contributed by atoms with van der Waals surface area (Å²) in [5.41, 5.74) is 0.869. The Balaban J connectivity index is 1.23. The van der Waals surface area contributed by atoms with Crippen molar-refractivity contribution in [3.05, 3.63) is 54.4 Å². The Morgan fingerprint density at radius 1 is 1.06 bits per heavy atom. The molecule has 34 heavy (non-hydrogen) atoms. The third kappa shape index (κ3) is 5.97. The van der Waals surface area contributed by atoms with Gasteiger partial charge in [-0.05, 0) is 56.0 Å². The van der Waals surface area contributed by atoms with Gasteiger partial charge < -0.3 is 15.4 Å². The second kappa shape index (κ2) is 10.3. The molecular formula is C23H26N4O6S. The minimum absolute atomic E-state index is 0.113. The normalized spacial score (nSPS) is 17.1. The summed E-state index contributed by atoms with van der Waals surface area (Å²) in [7, 11) is -3.66. The largest absolute Gasteiger partial charge is 0.455 e. The molecule has 1 aliphatic carbocycles. The first-order chi connectivity index (χ1) is 16.3. The number of carbonyl (C=O) groups is 3. The number of nitrogens with zero attached hydrogens (tertiary/aromatic N) is 2. The number of benzene rings is 1. The van der Waals surface area contributed by atoms with Crippen molar-refractivity contribution < 1.29 is 27.5 Å². The number of anilines is 1. The average molecular weight is 487 g/mol. The number of hydrogen-bond acceptors (Lipinski definition) is 7. The van der Waals surface area contributed by atoms with E-state index < -0.39 is 34.4 Å². The van der Waals surface area contributed by atoms with Gasteiger partial charge in [0.2, 0.25) is 10.0 Å². The molecular weight excluding hydrogens is 460 g/mol. The van der Waals surface area contributed by atoms with E-state index in [1.165, 1.54) is 22.8 Å². The maximum absolute atomic E-state index is 12.7. The van der Waals surface area contributed by atoms with Gasteiger partial charge in [0.25, 0.3) is 11.8 Å². The summed E-state index contributed by atoms with van der Waals surface area (Å²) in [6.45, 7) is -0.108. The second-order valence-electron chi connectivity index (χ2n) is 8.35. The quantitative estimate of drug-likeness (QED) is 0.541. The van der Waals surface area contributed by atoms with Crippen LogP contribution in [0.25, 0.3) is 0 Å². The second-order valence-corrected chi connectivity index (χ2v) is 10.3. The van der Waals surface area contributed by atoms with Crippen LogP contribution in [0.3, 0.4) is 0 Å². The molecule has 0 unspecified atom stereocenters. The van der Waals surface area contributed by atoms with Crippen LogP contribution >= 0.6 is 0 Å². The molecule has 2 fully saturated rings. The van der Waals surface area contributed by atoms with Crippen molar-refractivity contribution in [3.8, 4) is 0 Å². The van der Waals surface area contributed by atoms with Crippen LogP contribution in [0.1, 0.15) is 36.0 Å². The van der Waals surface area contributed by atoms with Crippen LogP contribution in [-0.4, -0.2) is 61.2 Å². The lowest BCUT2D eigenvalue weighted by molar-refractivity contribution is -0.152. The van der Waals surface area contributed by atoms with Crippen molar-refractivity contribution in [1.82, 2.24) is 14.6 Å². The molecule has 0 atom stereocenters. The summed E-state index contributed by atoms with van der Waals surface area (Å²) in [6.07, 6.45) is 5.36. The predicted molar refractivity (Wildman–Crippen MR) is 122 cm³/mol. The highest BCUT2D eigenvalue weighted by Crippen LogP contribution is 2.24. The molecule has 2 amide bonds. The van der Waals surface area contributed by atoms with Crippen molar-refractivity contribution in [2.24, 2.45) is 5.92 Å². The summed E-state index contributed by atoms with van der Waals surface area (Å²) in [4.78, 5) is 40.7. The van der Waals surface area contributed by atoms with Crippen molar-refractivity contribution in [1.29, 1.82) is 0 Å². The van der Waals surface area contributed by atoms with E-state index in [9.17, 15) is 22.8 Å². The average Bonchev–Trinajstić information content (AvgIpc) is 3.67. The number of carbonyl (C=O) groups excluding carboxylic acids is 3. The zero-order valence-electron chi connectivity index (χ0n) is 18.5. The molecule has 1 aromatic heterocycles. The van der Waals surface area contributed by atoms with Gasteiger partial charge in [-0.2, -0.15) is 4.31 Å². The number of hydrogen-bond donors (Lipinski definition) is 2. The van der Waals surface area contributed by atoms with Crippen LogP contribution < -0.4 is 10.6 Å². The van der Waals surface area contributed by atoms with Crippen LogP contribution in [0.4, 0.5) is 5.69 Å². The van der Waals surface area contributed by atoms with Crippen LogP contribution in [0.5, 0.6) is 0 Å². The van der Waals surface area contributed by atoms with Gasteiger partial charge in [-0.25, -0.2) is 8.42 Å². The Labute approximate surface area is 197 Å². The molecule has 1 saturated heterocycles. The fraction of sp³-hybridized carbons (Fsp3) is 0.391. The maximum Gasteiger partial charge on any atom is 0.309 e. The van der Waals surface area contributed by atoms with Gasteiger partial charge in [0.1, 0.15) is 4.90 Å². The molecule has 0 spiro atoms. The highest BCUT2D eigenvalue weighted by Gasteiger charge is 2.33. The fourth-order valence-electron chi connectivity index (χ4n) is 3.67. The van der Waals surface area contributed by atoms with Crippen molar-refractivity contribution in [2.75, 3.05) is 25.0 Å². The monoisotopic (exact) mass is 486 g/mol. The van der Waals surface area contributed by atoms with Gasteiger partial charge in [0, 0.05) is 42.8 Å². The number of pyridine rings is 1. The van der Waals surface area contributed by atoms with E-state index in [-0.39, 0.29) is 29.9 Å². The molecule has 180 valence electrons. The fourth-order valence-corrected chi connectivity index (χ4v) is 5.10. The Bertz CT molecular complexity index is 1160. The topological polar surface area (TPSA) is 135 Å². The third-order valence-electron chi connectivity index (χ3n) is 5.73. The molecule has 2 aliphatic rings. The lowest BCUT2D eigenvalue weighted by atomic mass is 9.98. The van der Waals surface area contributed by atoms with Gasteiger partial charge in [0.05, 0.1) is 5.92 Å². The number of piperidine rings is 1. The van der Waals surface area contributed by atoms with Gasteiger partial charge in [-0.15, -0.1) is 0 Å². The number of nitrogens with one attached hydrogen (secondary N) is 2. The summed E-state index contributed by atoms with van der Waals surface area (Å²) in [5, 5.41) is 5.50. The first-order valence-corrected chi connectivity index (χ1v) is 12.5. The maximum atomic E-state index is 12.7. The number of rotatable bonds is 8. The SMILES string of the molecule is O=C(COC(=O)C1CCN(S(=O)(=O)c2cccnc2)CC1)Nc1cccc(C(=O)NC2CC2)c1. The molecule has 4 rings (SSSR count). The first kappa shape index (κ1) is 23.8. The van der Waals surface area contributed by atoms with Gasteiger partial charge in [-0.3, -0.25) is 19.4 Å². The summed E-state index contributed by atoms with van der Waals surface area (Å²) in [6, 6.07) is 9.80. The van der Waals surface area contributed by atoms with E-state index >= 15 is 0 Å². The summed E-state index contributed by atoms with van der Waals surface area (Å²) in [5.74, 6) is -1.74. The molecule has 0 bridgehead atoms. The van der Waals surface area contributed by atoms with E-state index in [1.54, 1.807) is 30.3 Å². The van der Waals surface area contributed by atoms with Crippen LogP contribution in [-0.2, 0) is 24.3 Å². The first-order valence-electron chi connectivity index (χ1n) is 11.1. The molecule has 11 heteroatoms. The van der Waals surface area contributed by atoms with Crippen LogP contribution in [0.15, 0.2) is 53.7 Å². The number of aromatic nitrogens is 1. The number of amides is 2. The van der Waals surface area contributed by atoms with Crippen molar-refractivity contribution >= 4 is 33.5 Å². The van der Waals surface area contributed by atoms with Crippen molar-refractivity contribution in [2.45, 2.75) is 36.6 Å². The molecule has 2 heterocycles. The summed E-state index contributed by atoms with van der Waals surface area (Å²) < 4.78 is 31.8. The zero-order valence-corrected chi connectivity index (χ0v) is 19.3. The molecule has 0 radical (unpaired) electrons. The van der Waals surface area contributed by atoms with Crippen LogP contribution in [0, 0.1) is 5.92 Å². The highest BCUT2D eigenvalue weighted by atomic mass is 32.2. The van der Waals surface area contributed by atoms with Gasteiger partial charge in [0.15, 0.2) is 6.61 Å². The number of esters is 1. The predicted octanol–water partition coefficient (Wildman–Crippen LogP) is 1.56. The van der Waals surface area contributed by atoms with Crippen molar-refractivity contribution in [3.63, 3.8) is 0 Å². The van der Waals surface area contributed by atoms with E-state index in [1.807, 2.05) is 0 Å². The Hall–Kier alpha value is -3.31. The third-order valence-corrected chi connectivity index (χ3v) is 7.61. The minimum Gasteiger partial charge on any atom is -0.455 e. The zero-order chi connectivity index (χ0) is 24.1. The lowest BCUT2D eigenvalue weighted by Crippen LogP contribution is -2.41. The smallest absolute Gasteiger partial charge is 0.309 e. The molecule has 1 aliphatic heterocycles. The standard InChI is InChI=1S/C23H26N4O6S/c28-21(25-19-4-1-3-17(13-19)22(29)26-18-6-7-18)15-33-23(30)16-8-11-27(12-9-16)34(31,32)20-5-2-10-24-14-20/h1-5,10,13-14,16,18H,6-9,11-12,15H2,(H,25,28)(H,26,29). The van der Waals surface area contributed by atoms with E-state index in [2.05, 4.69) is 15.6 Å². The van der Waals surface area contributed by atoms with E-state index in [4.69, 9.17) is 4.74 Å². The minimum atomic E-state index is -3.66. The lowest BCUT2D eigenvalue weighted by Gasteiger charge is -2.29. The number of sulfonamides is 1. The van der Waals surface area contributed by atoms with Gasteiger partial charge >= 0.3 is 5.97 Å². The molecule has 10 nitrogen and oxygen atoms in total. The molecule has 1 saturated carbocycles. The Morgan fingerprint density at radius 2 is 1.82 bits per heavy atom. The molecule has 2 N–H and O–H groups in total. The van der Waals surface area contributed by atoms with Gasteiger partial charge in [-0.1, -0.05) is 6.07 Å². The van der Waals surface area contributed by atoms with E-state index in [0.717, 1.165) is 12.8 Å². The molecule has 2 aromatic rings.